The lowest BCUT2D eigenvalue weighted by atomic mass is 10.2. The molecule has 0 aliphatic heterocycles. The van der Waals surface area contributed by atoms with Gasteiger partial charge in [-0.15, -0.1) is 0 Å². The fourth-order valence-corrected chi connectivity index (χ4v) is 2.75. The van der Waals surface area contributed by atoms with Crippen LogP contribution in [0.4, 0.5) is 0 Å². The predicted octanol–water partition coefficient (Wildman–Crippen LogP) is 0.972. The Morgan fingerprint density at radius 2 is 2.00 bits per heavy atom. The van der Waals surface area contributed by atoms with Crippen LogP contribution in [0.25, 0.3) is 0 Å². The van der Waals surface area contributed by atoms with E-state index in [1.54, 1.807) is 31.4 Å². The zero-order chi connectivity index (χ0) is 14.1. The standard InChI is InChI=1S/C13H21NO4S/c1-17-6-3-7-18-8-9-19(15,16)13-5-2-4-12(10-13)11-14/h2,4-5,10H,3,6-9,11,14H2,1H3. The fraction of sp³-hybridized carbons (Fsp3) is 0.538. The van der Waals surface area contributed by atoms with Gasteiger partial charge in [0.05, 0.1) is 17.3 Å². The number of methoxy groups -OCH3 is 1. The van der Waals surface area contributed by atoms with E-state index in [2.05, 4.69) is 0 Å². The highest BCUT2D eigenvalue weighted by Crippen LogP contribution is 2.13. The summed E-state index contributed by atoms with van der Waals surface area (Å²) in [5.41, 5.74) is 6.31. The van der Waals surface area contributed by atoms with Gasteiger partial charge in [-0.25, -0.2) is 8.42 Å². The number of hydrogen-bond acceptors (Lipinski definition) is 5. The molecule has 0 aliphatic rings. The molecule has 2 N–H and O–H groups in total. The Bertz CT molecular complexity index is 473. The molecule has 0 saturated heterocycles. The van der Waals surface area contributed by atoms with Gasteiger partial charge in [-0.1, -0.05) is 12.1 Å². The lowest BCUT2D eigenvalue weighted by molar-refractivity contribution is 0.112. The molecule has 5 nitrogen and oxygen atoms in total. The normalized spacial score (nSPS) is 11.7. The highest BCUT2D eigenvalue weighted by molar-refractivity contribution is 7.91. The number of sulfone groups is 1. The first-order chi connectivity index (χ1) is 9.10. The van der Waals surface area contributed by atoms with Gasteiger partial charge in [-0.2, -0.15) is 0 Å². The van der Waals surface area contributed by atoms with E-state index < -0.39 is 9.84 Å². The summed E-state index contributed by atoms with van der Waals surface area (Å²) < 4.78 is 34.2. The average Bonchev–Trinajstić information content (AvgIpc) is 2.43. The smallest absolute Gasteiger partial charge is 0.180 e. The molecule has 0 spiro atoms. The molecule has 0 fully saturated rings. The maximum Gasteiger partial charge on any atom is 0.180 e. The van der Waals surface area contributed by atoms with Gasteiger partial charge in [0, 0.05) is 26.9 Å². The Morgan fingerprint density at radius 3 is 2.68 bits per heavy atom. The van der Waals surface area contributed by atoms with E-state index in [1.807, 2.05) is 0 Å². The van der Waals surface area contributed by atoms with Gasteiger partial charge < -0.3 is 15.2 Å². The van der Waals surface area contributed by atoms with Crippen molar-refractivity contribution in [3.05, 3.63) is 29.8 Å². The molecule has 108 valence electrons. The third-order valence-corrected chi connectivity index (χ3v) is 4.30. The van der Waals surface area contributed by atoms with Crippen LogP contribution in [0, 0.1) is 0 Å². The molecule has 0 unspecified atom stereocenters. The molecule has 0 atom stereocenters. The minimum atomic E-state index is -3.30. The first-order valence-corrected chi connectivity index (χ1v) is 7.84. The second-order valence-electron chi connectivity index (χ2n) is 4.13. The van der Waals surface area contributed by atoms with Gasteiger partial charge in [0.15, 0.2) is 9.84 Å². The van der Waals surface area contributed by atoms with E-state index in [9.17, 15) is 8.42 Å². The summed E-state index contributed by atoms with van der Waals surface area (Å²) in [5.74, 6) is -0.0198. The number of rotatable bonds is 9. The van der Waals surface area contributed by atoms with Crippen molar-refractivity contribution in [3.8, 4) is 0 Å². The molecular weight excluding hydrogens is 266 g/mol. The number of ether oxygens (including phenoxy) is 2. The monoisotopic (exact) mass is 287 g/mol. The van der Waals surface area contributed by atoms with Crippen molar-refractivity contribution >= 4 is 9.84 Å². The summed E-state index contributed by atoms with van der Waals surface area (Å²) >= 11 is 0. The summed E-state index contributed by atoms with van der Waals surface area (Å²) in [4.78, 5) is 0.302. The van der Waals surface area contributed by atoms with Crippen LogP contribution in [0.2, 0.25) is 0 Å². The van der Waals surface area contributed by atoms with Crippen molar-refractivity contribution in [1.82, 2.24) is 0 Å². The molecule has 0 heterocycles. The van der Waals surface area contributed by atoms with Crippen molar-refractivity contribution in [2.45, 2.75) is 17.9 Å². The first kappa shape index (κ1) is 16.1. The average molecular weight is 287 g/mol. The molecule has 0 aliphatic carbocycles. The predicted molar refractivity (Wildman–Crippen MR) is 73.7 cm³/mol. The Morgan fingerprint density at radius 1 is 1.21 bits per heavy atom. The topological polar surface area (TPSA) is 78.6 Å². The fourth-order valence-electron chi connectivity index (χ4n) is 1.56. The molecule has 0 radical (unpaired) electrons. The lowest BCUT2D eigenvalue weighted by Crippen LogP contribution is -2.14. The summed E-state index contributed by atoms with van der Waals surface area (Å²) in [6.45, 7) is 1.65. The van der Waals surface area contributed by atoms with Crippen LogP contribution in [-0.2, 0) is 25.9 Å². The molecule has 6 heteroatoms. The Hall–Kier alpha value is -0.950. The molecule has 0 bridgehead atoms. The summed E-state index contributed by atoms with van der Waals surface area (Å²) in [6.07, 6.45) is 0.763. The van der Waals surface area contributed by atoms with Gasteiger partial charge in [-0.05, 0) is 24.1 Å². The van der Waals surface area contributed by atoms with Gasteiger partial charge in [0.25, 0.3) is 0 Å². The van der Waals surface area contributed by atoms with E-state index in [-0.39, 0.29) is 12.4 Å². The Labute approximate surface area is 114 Å². The van der Waals surface area contributed by atoms with E-state index in [0.717, 1.165) is 12.0 Å². The zero-order valence-corrected chi connectivity index (χ0v) is 12.0. The van der Waals surface area contributed by atoms with E-state index in [4.69, 9.17) is 15.2 Å². The second kappa shape index (κ2) is 8.27. The number of benzene rings is 1. The van der Waals surface area contributed by atoms with Crippen molar-refractivity contribution in [1.29, 1.82) is 0 Å². The SMILES string of the molecule is COCCCOCCS(=O)(=O)c1cccc(CN)c1. The molecule has 1 rings (SSSR count). The Kier molecular flexibility index (Phi) is 7.01. The van der Waals surface area contributed by atoms with Crippen LogP contribution < -0.4 is 5.73 Å². The number of hydrogen-bond donors (Lipinski definition) is 1. The minimum Gasteiger partial charge on any atom is -0.385 e. The van der Waals surface area contributed by atoms with Crippen LogP contribution in [0.15, 0.2) is 29.2 Å². The molecule has 1 aromatic carbocycles. The zero-order valence-electron chi connectivity index (χ0n) is 11.2. The van der Waals surface area contributed by atoms with Crippen molar-refractivity contribution in [2.24, 2.45) is 5.73 Å². The highest BCUT2D eigenvalue weighted by atomic mass is 32.2. The molecule has 0 amide bonds. The minimum absolute atomic E-state index is 0.0198. The van der Waals surface area contributed by atoms with Gasteiger partial charge in [0.1, 0.15) is 0 Å². The summed E-state index contributed by atoms with van der Waals surface area (Å²) in [5, 5.41) is 0. The quantitative estimate of drug-likeness (QED) is 0.685. The molecule has 1 aromatic rings. The third kappa shape index (κ3) is 5.69. The van der Waals surface area contributed by atoms with Crippen LogP contribution in [0.1, 0.15) is 12.0 Å². The van der Waals surface area contributed by atoms with Crippen molar-refractivity contribution in [2.75, 3.05) is 32.7 Å². The maximum atomic E-state index is 12.0. The molecule has 0 aromatic heterocycles. The summed E-state index contributed by atoms with van der Waals surface area (Å²) in [7, 11) is -1.68. The molecule has 0 saturated carbocycles. The van der Waals surface area contributed by atoms with E-state index in [0.29, 0.717) is 24.7 Å². The van der Waals surface area contributed by atoms with E-state index in [1.165, 1.54) is 0 Å². The van der Waals surface area contributed by atoms with Gasteiger partial charge >= 0.3 is 0 Å². The van der Waals surface area contributed by atoms with Gasteiger partial charge in [0.2, 0.25) is 0 Å². The maximum absolute atomic E-state index is 12.0. The molecular formula is C13H21NO4S. The van der Waals surface area contributed by atoms with Gasteiger partial charge in [-0.3, -0.25) is 0 Å². The third-order valence-electron chi connectivity index (χ3n) is 2.63. The molecule has 19 heavy (non-hydrogen) atoms. The second-order valence-corrected chi connectivity index (χ2v) is 6.24. The Balaban J connectivity index is 2.46. The largest absolute Gasteiger partial charge is 0.385 e. The summed E-state index contributed by atoms with van der Waals surface area (Å²) in [6, 6.07) is 6.70. The van der Waals surface area contributed by atoms with Crippen molar-refractivity contribution < 1.29 is 17.9 Å². The van der Waals surface area contributed by atoms with Crippen LogP contribution in [0.3, 0.4) is 0 Å². The van der Waals surface area contributed by atoms with Crippen molar-refractivity contribution in [3.63, 3.8) is 0 Å². The van der Waals surface area contributed by atoms with Crippen LogP contribution in [0.5, 0.6) is 0 Å². The van der Waals surface area contributed by atoms with E-state index >= 15 is 0 Å². The van der Waals surface area contributed by atoms with Crippen LogP contribution in [-0.4, -0.2) is 41.1 Å². The first-order valence-electron chi connectivity index (χ1n) is 6.18. The number of nitrogens with two attached hydrogens (primary N) is 1. The van der Waals surface area contributed by atoms with Crippen LogP contribution >= 0.6 is 0 Å². The highest BCUT2D eigenvalue weighted by Gasteiger charge is 2.14. The lowest BCUT2D eigenvalue weighted by Gasteiger charge is -2.07.